The minimum Gasteiger partial charge on any atom is -0.387 e. The zero-order valence-corrected chi connectivity index (χ0v) is 10.7. The first-order valence-electron chi connectivity index (χ1n) is 6.51. The van der Waals surface area contributed by atoms with E-state index >= 15 is 0 Å². The second kappa shape index (κ2) is 5.61. The highest BCUT2D eigenvalue weighted by molar-refractivity contribution is 5.08. The summed E-state index contributed by atoms with van der Waals surface area (Å²) >= 11 is 0. The second-order valence-electron chi connectivity index (χ2n) is 5.17. The number of likely N-dealkylation sites (tertiary alicyclic amines) is 1. The Morgan fingerprint density at radius 2 is 2.00 bits per heavy atom. The molecule has 0 aliphatic carbocycles. The van der Waals surface area contributed by atoms with Gasteiger partial charge in [-0.1, -0.05) is 6.07 Å². The van der Waals surface area contributed by atoms with Gasteiger partial charge in [0.1, 0.15) is 0 Å². The van der Waals surface area contributed by atoms with Crippen LogP contribution in [-0.2, 0) is 0 Å². The van der Waals surface area contributed by atoms with Crippen molar-refractivity contribution in [1.29, 1.82) is 0 Å². The molecule has 1 N–H and O–H groups in total. The zero-order chi connectivity index (χ0) is 12.3. The van der Waals surface area contributed by atoms with Gasteiger partial charge in [-0.15, -0.1) is 0 Å². The number of rotatable bonds is 3. The van der Waals surface area contributed by atoms with Gasteiger partial charge in [0.2, 0.25) is 0 Å². The van der Waals surface area contributed by atoms with Gasteiger partial charge in [0.15, 0.2) is 0 Å². The van der Waals surface area contributed by atoms with E-state index in [2.05, 4.69) is 23.7 Å². The third kappa shape index (κ3) is 3.05. The molecule has 2 heterocycles. The van der Waals surface area contributed by atoms with Gasteiger partial charge >= 0.3 is 0 Å². The van der Waals surface area contributed by atoms with Gasteiger partial charge in [-0.2, -0.15) is 0 Å². The van der Waals surface area contributed by atoms with Crippen LogP contribution >= 0.6 is 0 Å². The summed E-state index contributed by atoms with van der Waals surface area (Å²) in [5, 5.41) is 10.3. The number of piperidine rings is 1. The molecule has 0 amide bonds. The highest BCUT2D eigenvalue weighted by Gasteiger charge is 2.27. The van der Waals surface area contributed by atoms with Crippen LogP contribution in [0.25, 0.3) is 0 Å². The van der Waals surface area contributed by atoms with Crippen LogP contribution in [0.2, 0.25) is 0 Å². The molecule has 3 heteroatoms. The molecule has 0 spiro atoms. The van der Waals surface area contributed by atoms with Crippen molar-refractivity contribution in [2.75, 3.05) is 13.1 Å². The Hall–Kier alpha value is -0.930. The fourth-order valence-electron chi connectivity index (χ4n) is 2.54. The lowest BCUT2D eigenvalue weighted by atomic mass is 9.89. The van der Waals surface area contributed by atoms with E-state index in [1.165, 1.54) is 0 Å². The van der Waals surface area contributed by atoms with E-state index in [4.69, 9.17) is 0 Å². The Morgan fingerprint density at radius 1 is 1.29 bits per heavy atom. The van der Waals surface area contributed by atoms with E-state index in [9.17, 15) is 5.11 Å². The summed E-state index contributed by atoms with van der Waals surface area (Å²) in [4.78, 5) is 6.72. The summed E-state index contributed by atoms with van der Waals surface area (Å²) in [5.74, 6) is 0.361. The predicted octanol–water partition coefficient (Wildman–Crippen LogP) is 2.24. The van der Waals surface area contributed by atoms with Gasteiger partial charge in [-0.25, -0.2) is 0 Å². The SMILES string of the molecule is CC(C)N1CCC(C(O)c2ccccn2)CC1. The van der Waals surface area contributed by atoms with Gasteiger partial charge in [-0.3, -0.25) is 4.98 Å². The van der Waals surface area contributed by atoms with E-state index in [0.29, 0.717) is 12.0 Å². The van der Waals surface area contributed by atoms with Crippen molar-refractivity contribution in [3.8, 4) is 0 Å². The first kappa shape index (κ1) is 12.5. The fraction of sp³-hybridized carbons (Fsp3) is 0.643. The Kier molecular flexibility index (Phi) is 4.13. The van der Waals surface area contributed by atoms with Crippen LogP contribution in [0.15, 0.2) is 24.4 Å². The number of hydrogen-bond donors (Lipinski definition) is 1. The van der Waals surface area contributed by atoms with Crippen molar-refractivity contribution in [2.24, 2.45) is 5.92 Å². The third-order valence-electron chi connectivity index (χ3n) is 3.74. The lowest BCUT2D eigenvalue weighted by Crippen LogP contribution is -2.39. The predicted molar refractivity (Wildman–Crippen MR) is 68.6 cm³/mol. The number of hydrogen-bond acceptors (Lipinski definition) is 3. The Labute approximate surface area is 103 Å². The molecule has 0 aromatic carbocycles. The topological polar surface area (TPSA) is 36.4 Å². The smallest absolute Gasteiger partial charge is 0.0988 e. The maximum Gasteiger partial charge on any atom is 0.0988 e. The zero-order valence-electron chi connectivity index (χ0n) is 10.7. The van der Waals surface area contributed by atoms with Gasteiger partial charge < -0.3 is 10.0 Å². The molecule has 1 aromatic rings. The molecular weight excluding hydrogens is 212 g/mol. The first-order valence-corrected chi connectivity index (χ1v) is 6.51. The average Bonchev–Trinajstić information content (AvgIpc) is 2.39. The molecule has 1 unspecified atom stereocenters. The normalized spacial score (nSPS) is 20.7. The molecule has 94 valence electrons. The molecule has 1 aliphatic heterocycles. The fourth-order valence-corrected chi connectivity index (χ4v) is 2.54. The number of aliphatic hydroxyl groups excluding tert-OH is 1. The highest BCUT2D eigenvalue weighted by atomic mass is 16.3. The molecule has 17 heavy (non-hydrogen) atoms. The summed E-state index contributed by atoms with van der Waals surface area (Å²) in [6.07, 6.45) is 3.48. The molecule has 3 nitrogen and oxygen atoms in total. The number of pyridine rings is 1. The number of aliphatic hydroxyl groups is 1. The molecule has 0 bridgehead atoms. The summed E-state index contributed by atoms with van der Waals surface area (Å²) in [6.45, 7) is 6.64. The van der Waals surface area contributed by atoms with Crippen LogP contribution in [0.1, 0.15) is 38.5 Å². The summed E-state index contributed by atoms with van der Waals surface area (Å²) in [6, 6.07) is 6.36. The monoisotopic (exact) mass is 234 g/mol. The molecule has 1 aromatic heterocycles. The van der Waals surface area contributed by atoms with E-state index in [1.807, 2.05) is 18.2 Å². The van der Waals surface area contributed by atoms with Crippen LogP contribution < -0.4 is 0 Å². The molecular formula is C14H22N2O. The van der Waals surface area contributed by atoms with Crippen molar-refractivity contribution in [1.82, 2.24) is 9.88 Å². The number of nitrogens with zero attached hydrogens (tertiary/aromatic N) is 2. The van der Waals surface area contributed by atoms with Crippen LogP contribution in [0.5, 0.6) is 0 Å². The summed E-state index contributed by atoms with van der Waals surface area (Å²) in [5.41, 5.74) is 0.815. The maximum atomic E-state index is 10.3. The average molecular weight is 234 g/mol. The molecule has 0 radical (unpaired) electrons. The Bertz CT molecular complexity index is 331. The van der Waals surface area contributed by atoms with Crippen LogP contribution in [0, 0.1) is 5.92 Å². The lowest BCUT2D eigenvalue weighted by Gasteiger charge is -2.36. The summed E-state index contributed by atoms with van der Waals surface area (Å²) in [7, 11) is 0. The quantitative estimate of drug-likeness (QED) is 0.871. The largest absolute Gasteiger partial charge is 0.387 e. The van der Waals surface area contributed by atoms with Gasteiger partial charge in [0.05, 0.1) is 11.8 Å². The molecule has 1 fully saturated rings. The summed E-state index contributed by atoms with van der Waals surface area (Å²) < 4.78 is 0. The van der Waals surface area contributed by atoms with Crippen molar-refractivity contribution >= 4 is 0 Å². The Balaban J connectivity index is 1.93. The lowest BCUT2D eigenvalue weighted by molar-refractivity contribution is 0.0474. The molecule has 1 aliphatic rings. The van der Waals surface area contributed by atoms with Crippen LogP contribution in [-0.4, -0.2) is 34.1 Å². The van der Waals surface area contributed by atoms with E-state index in [-0.39, 0.29) is 0 Å². The maximum absolute atomic E-state index is 10.3. The molecule has 0 saturated carbocycles. The third-order valence-corrected chi connectivity index (χ3v) is 3.74. The van der Waals surface area contributed by atoms with Crippen molar-refractivity contribution in [2.45, 2.75) is 38.8 Å². The molecule has 1 atom stereocenters. The van der Waals surface area contributed by atoms with Crippen molar-refractivity contribution in [3.63, 3.8) is 0 Å². The first-order chi connectivity index (χ1) is 8.18. The second-order valence-corrected chi connectivity index (χ2v) is 5.17. The van der Waals surface area contributed by atoms with Gasteiger partial charge in [0, 0.05) is 12.2 Å². The van der Waals surface area contributed by atoms with Crippen LogP contribution in [0.4, 0.5) is 0 Å². The van der Waals surface area contributed by atoms with Crippen molar-refractivity contribution < 1.29 is 5.11 Å². The van der Waals surface area contributed by atoms with Crippen LogP contribution in [0.3, 0.4) is 0 Å². The van der Waals surface area contributed by atoms with E-state index in [1.54, 1.807) is 6.20 Å². The molecule has 1 saturated heterocycles. The minimum atomic E-state index is -0.398. The number of aromatic nitrogens is 1. The highest BCUT2D eigenvalue weighted by Crippen LogP contribution is 2.30. The Morgan fingerprint density at radius 3 is 2.53 bits per heavy atom. The van der Waals surface area contributed by atoms with Gasteiger partial charge in [0.25, 0.3) is 0 Å². The minimum absolute atomic E-state index is 0.361. The van der Waals surface area contributed by atoms with Gasteiger partial charge in [-0.05, 0) is 57.8 Å². The van der Waals surface area contributed by atoms with E-state index in [0.717, 1.165) is 31.6 Å². The van der Waals surface area contributed by atoms with E-state index < -0.39 is 6.10 Å². The van der Waals surface area contributed by atoms with Crippen molar-refractivity contribution in [3.05, 3.63) is 30.1 Å². The standard InChI is InChI=1S/C14H22N2O/c1-11(2)16-9-6-12(7-10-16)14(17)13-5-3-4-8-15-13/h3-5,8,11-12,14,17H,6-7,9-10H2,1-2H3. The molecule has 2 rings (SSSR count).